The maximum atomic E-state index is 12.1. The van der Waals surface area contributed by atoms with Crippen molar-refractivity contribution in [2.24, 2.45) is 0 Å². The number of hydrogen-bond donors (Lipinski definition) is 0. The predicted octanol–water partition coefficient (Wildman–Crippen LogP) is 3.24. The highest BCUT2D eigenvalue weighted by atomic mass is 35.5. The van der Waals surface area contributed by atoms with Gasteiger partial charge in [0.15, 0.2) is 6.54 Å². The standard InChI is InChI=1S/C25H42NO2.ClH/c1-4-5-6-7-8-9-10-11-12-16-21-26(2,3)23-25(27)28-22-17-20-24-18-14-13-15-19-24;/h13-15,17-20H,4-12,16,21-23H2,1-3H3;1H/q+1;/p-1. The van der Waals surface area contributed by atoms with E-state index in [1.807, 2.05) is 42.5 Å². The van der Waals surface area contributed by atoms with Gasteiger partial charge in [-0.1, -0.05) is 94.7 Å². The van der Waals surface area contributed by atoms with Crippen molar-refractivity contribution in [3.05, 3.63) is 42.0 Å². The second-order valence-electron chi connectivity index (χ2n) is 8.50. The summed E-state index contributed by atoms with van der Waals surface area (Å²) in [4.78, 5) is 12.1. The molecule has 3 nitrogen and oxygen atoms in total. The maximum Gasteiger partial charge on any atom is 0.362 e. The zero-order valence-corrected chi connectivity index (χ0v) is 19.6. The van der Waals surface area contributed by atoms with Crippen LogP contribution in [0.5, 0.6) is 0 Å². The number of carbonyl (C=O) groups is 1. The summed E-state index contributed by atoms with van der Waals surface area (Å²) < 4.78 is 6.06. The van der Waals surface area contributed by atoms with E-state index in [0.717, 1.165) is 12.1 Å². The number of ether oxygens (including phenoxy) is 1. The number of esters is 1. The Bertz CT molecular complexity index is 543. The molecule has 166 valence electrons. The fraction of sp³-hybridized carbons (Fsp3) is 0.640. The Kier molecular flexibility index (Phi) is 16.7. The third-order valence-corrected chi connectivity index (χ3v) is 5.12. The van der Waals surface area contributed by atoms with Crippen LogP contribution in [-0.4, -0.2) is 44.2 Å². The van der Waals surface area contributed by atoms with E-state index in [1.54, 1.807) is 0 Å². The lowest BCUT2D eigenvalue weighted by Crippen LogP contribution is -3.00. The molecular weight excluding hydrogens is 382 g/mol. The summed E-state index contributed by atoms with van der Waals surface area (Å²) in [6.07, 6.45) is 17.3. The summed E-state index contributed by atoms with van der Waals surface area (Å²) >= 11 is 0. The van der Waals surface area contributed by atoms with E-state index >= 15 is 0 Å². The number of benzene rings is 1. The largest absolute Gasteiger partial charge is 1.00 e. The summed E-state index contributed by atoms with van der Waals surface area (Å²) in [5.74, 6) is -0.116. The van der Waals surface area contributed by atoms with Crippen molar-refractivity contribution in [1.29, 1.82) is 0 Å². The van der Waals surface area contributed by atoms with Gasteiger partial charge in [0, 0.05) is 0 Å². The number of halogens is 1. The van der Waals surface area contributed by atoms with Gasteiger partial charge in [-0.2, -0.15) is 0 Å². The van der Waals surface area contributed by atoms with E-state index in [4.69, 9.17) is 4.74 Å². The Labute approximate surface area is 185 Å². The van der Waals surface area contributed by atoms with Crippen molar-refractivity contribution in [2.75, 3.05) is 33.8 Å². The SMILES string of the molecule is CCCCCCCCCCCC[N+](C)(C)CC(=O)OCC=Cc1ccccc1.[Cl-]. The van der Waals surface area contributed by atoms with Crippen LogP contribution in [0.3, 0.4) is 0 Å². The first-order valence-electron chi connectivity index (χ1n) is 11.2. The molecule has 0 fully saturated rings. The molecule has 0 aromatic heterocycles. The first kappa shape index (κ1) is 27.7. The Balaban J connectivity index is 0.00000784. The van der Waals surface area contributed by atoms with E-state index < -0.39 is 0 Å². The van der Waals surface area contributed by atoms with Crippen molar-refractivity contribution in [2.45, 2.75) is 71.1 Å². The molecule has 29 heavy (non-hydrogen) atoms. The van der Waals surface area contributed by atoms with Crippen LogP contribution >= 0.6 is 0 Å². The Morgan fingerprint density at radius 2 is 1.45 bits per heavy atom. The van der Waals surface area contributed by atoms with Gasteiger partial charge in [0.2, 0.25) is 0 Å². The van der Waals surface area contributed by atoms with Gasteiger partial charge < -0.3 is 21.6 Å². The maximum absolute atomic E-state index is 12.1. The normalized spacial score (nSPS) is 11.4. The molecule has 0 unspecified atom stereocenters. The predicted molar refractivity (Wildman–Crippen MR) is 120 cm³/mol. The van der Waals surface area contributed by atoms with E-state index in [-0.39, 0.29) is 18.4 Å². The average Bonchev–Trinajstić information content (AvgIpc) is 2.67. The highest BCUT2D eigenvalue weighted by Crippen LogP contribution is 2.11. The molecule has 4 heteroatoms. The highest BCUT2D eigenvalue weighted by molar-refractivity contribution is 5.70. The zero-order valence-electron chi connectivity index (χ0n) is 18.9. The van der Waals surface area contributed by atoms with Crippen LogP contribution in [0.1, 0.15) is 76.7 Å². The number of rotatable bonds is 16. The molecule has 0 N–H and O–H groups in total. The van der Waals surface area contributed by atoms with Crippen molar-refractivity contribution < 1.29 is 26.4 Å². The summed E-state index contributed by atoms with van der Waals surface area (Å²) in [5, 5.41) is 0. The van der Waals surface area contributed by atoms with Crippen molar-refractivity contribution in [3.8, 4) is 0 Å². The molecule has 0 saturated carbocycles. The molecule has 0 atom stereocenters. The molecule has 1 aromatic rings. The number of unbranched alkanes of at least 4 members (excludes halogenated alkanes) is 9. The molecule has 0 aliphatic carbocycles. The molecule has 1 rings (SSSR count). The number of quaternary nitrogens is 1. The lowest BCUT2D eigenvalue weighted by atomic mass is 10.1. The van der Waals surface area contributed by atoms with Gasteiger partial charge in [-0.3, -0.25) is 0 Å². The average molecular weight is 424 g/mol. The van der Waals surface area contributed by atoms with Gasteiger partial charge in [0.05, 0.1) is 20.6 Å². The third-order valence-electron chi connectivity index (χ3n) is 5.12. The zero-order chi connectivity index (χ0) is 20.5. The minimum absolute atomic E-state index is 0. The van der Waals surface area contributed by atoms with Crippen molar-refractivity contribution in [1.82, 2.24) is 0 Å². The Morgan fingerprint density at radius 1 is 0.897 bits per heavy atom. The monoisotopic (exact) mass is 423 g/mol. The van der Waals surface area contributed by atoms with Crippen molar-refractivity contribution >= 4 is 12.0 Å². The van der Waals surface area contributed by atoms with Crippen LogP contribution in [0.4, 0.5) is 0 Å². The molecule has 0 spiro atoms. The van der Waals surface area contributed by atoms with Crippen LogP contribution in [0.15, 0.2) is 36.4 Å². The molecule has 0 radical (unpaired) electrons. The fourth-order valence-corrected chi connectivity index (χ4v) is 3.39. The van der Waals surface area contributed by atoms with Crippen LogP contribution < -0.4 is 12.4 Å². The lowest BCUT2D eigenvalue weighted by molar-refractivity contribution is -0.883. The molecule has 0 saturated heterocycles. The molecule has 0 amide bonds. The first-order chi connectivity index (χ1) is 13.5. The van der Waals surface area contributed by atoms with Gasteiger partial charge in [-0.15, -0.1) is 0 Å². The van der Waals surface area contributed by atoms with E-state index in [1.165, 1.54) is 64.2 Å². The summed E-state index contributed by atoms with van der Waals surface area (Å²) in [6, 6.07) is 10.1. The van der Waals surface area contributed by atoms with Gasteiger partial charge in [-0.25, -0.2) is 4.79 Å². The molecule has 0 bridgehead atoms. The van der Waals surface area contributed by atoms with Gasteiger partial charge in [-0.05, 0) is 24.5 Å². The summed E-state index contributed by atoms with van der Waals surface area (Å²) in [7, 11) is 4.24. The number of carbonyl (C=O) groups excluding carboxylic acids is 1. The Morgan fingerprint density at radius 3 is 2.03 bits per heavy atom. The van der Waals surface area contributed by atoms with Gasteiger partial charge in [0.1, 0.15) is 6.61 Å². The fourth-order valence-electron chi connectivity index (χ4n) is 3.39. The van der Waals surface area contributed by atoms with Crippen LogP contribution in [0.25, 0.3) is 6.08 Å². The number of nitrogens with zero attached hydrogens (tertiary/aromatic N) is 1. The number of likely N-dealkylation sites (N-methyl/N-ethyl adjacent to an activating group) is 1. The second-order valence-corrected chi connectivity index (χ2v) is 8.50. The van der Waals surface area contributed by atoms with E-state index in [9.17, 15) is 4.79 Å². The van der Waals surface area contributed by atoms with Crippen LogP contribution in [0.2, 0.25) is 0 Å². The topological polar surface area (TPSA) is 26.3 Å². The highest BCUT2D eigenvalue weighted by Gasteiger charge is 2.20. The van der Waals surface area contributed by atoms with Crippen LogP contribution in [-0.2, 0) is 9.53 Å². The van der Waals surface area contributed by atoms with Crippen LogP contribution in [0, 0.1) is 0 Å². The molecule has 0 aliphatic rings. The van der Waals surface area contributed by atoms with E-state index in [2.05, 4.69) is 21.0 Å². The van der Waals surface area contributed by atoms with Crippen molar-refractivity contribution in [3.63, 3.8) is 0 Å². The molecule has 0 heterocycles. The molecule has 1 aromatic carbocycles. The molecule has 0 aliphatic heterocycles. The summed E-state index contributed by atoms with van der Waals surface area (Å²) in [5.41, 5.74) is 1.12. The summed E-state index contributed by atoms with van der Waals surface area (Å²) in [6.45, 7) is 4.08. The quantitative estimate of drug-likeness (QED) is 0.232. The first-order valence-corrected chi connectivity index (χ1v) is 11.2. The second kappa shape index (κ2) is 17.5. The minimum atomic E-state index is -0.116. The molecular formula is C25H42ClNO2. The third kappa shape index (κ3) is 16.2. The number of hydrogen-bond acceptors (Lipinski definition) is 2. The minimum Gasteiger partial charge on any atom is -1.00 e. The Hall–Kier alpha value is -1.32. The van der Waals surface area contributed by atoms with E-state index in [0.29, 0.717) is 17.6 Å². The van der Waals surface area contributed by atoms with Gasteiger partial charge in [0.25, 0.3) is 0 Å². The lowest BCUT2D eigenvalue weighted by Gasteiger charge is -2.28. The van der Waals surface area contributed by atoms with Gasteiger partial charge >= 0.3 is 5.97 Å². The smallest absolute Gasteiger partial charge is 0.362 e.